The van der Waals surface area contributed by atoms with Gasteiger partial charge in [-0.15, -0.1) is 11.3 Å². The predicted octanol–water partition coefficient (Wildman–Crippen LogP) is 1.96. The summed E-state index contributed by atoms with van der Waals surface area (Å²) in [6.45, 7) is 6.60. The van der Waals surface area contributed by atoms with E-state index in [0.29, 0.717) is 23.0 Å². The van der Waals surface area contributed by atoms with Gasteiger partial charge in [0.25, 0.3) is 5.91 Å². The maximum Gasteiger partial charge on any atom is 0.264 e. The highest BCUT2D eigenvalue weighted by atomic mass is 32.1. The van der Waals surface area contributed by atoms with Crippen molar-refractivity contribution in [3.8, 4) is 0 Å². The quantitative estimate of drug-likeness (QED) is 0.902. The molecule has 1 aliphatic rings. The molecule has 0 spiro atoms. The van der Waals surface area contributed by atoms with Crippen molar-refractivity contribution in [2.75, 3.05) is 18.4 Å². The van der Waals surface area contributed by atoms with E-state index in [4.69, 9.17) is 4.74 Å². The van der Waals surface area contributed by atoms with Gasteiger partial charge >= 0.3 is 0 Å². The molecule has 0 aliphatic carbocycles. The minimum atomic E-state index is -0.130. The molecule has 1 saturated heterocycles. The van der Waals surface area contributed by atoms with E-state index in [-0.39, 0.29) is 24.0 Å². The van der Waals surface area contributed by atoms with Gasteiger partial charge in [0, 0.05) is 20.0 Å². The molecule has 19 heavy (non-hydrogen) atoms. The fourth-order valence-corrected chi connectivity index (χ4v) is 3.11. The van der Waals surface area contributed by atoms with Gasteiger partial charge in [-0.1, -0.05) is 0 Å². The Hall–Kier alpha value is -1.40. The summed E-state index contributed by atoms with van der Waals surface area (Å²) in [7, 11) is 0. The number of thiophene rings is 1. The molecule has 1 aromatic heterocycles. The van der Waals surface area contributed by atoms with Crippen molar-refractivity contribution in [3.63, 3.8) is 0 Å². The first-order valence-electron chi connectivity index (χ1n) is 6.28. The van der Waals surface area contributed by atoms with Gasteiger partial charge in [0.05, 0.1) is 22.1 Å². The summed E-state index contributed by atoms with van der Waals surface area (Å²) in [6.07, 6.45) is 0.116. The minimum Gasteiger partial charge on any atom is -0.372 e. The average molecular weight is 282 g/mol. The number of amides is 2. The Labute approximate surface area is 116 Å². The van der Waals surface area contributed by atoms with Crippen LogP contribution in [0.2, 0.25) is 0 Å². The van der Waals surface area contributed by atoms with Crippen molar-refractivity contribution >= 4 is 28.2 Å². The maximum absolute atomic E-state index is 12.4. The largest absolute Gasteiger partial charge is 0.372 e. The fraction of sp³-hybridized carbons (Fsp3) is 0.538. The molecule has 1 fully saturated rings. The van der Waals surface area contributed by atoms with Crippen molar-refractivity contribution in [3.05, 3.63) is 17.0 Å². The average Bonchev–Trinajstić information content (AvgIpc) is 2.74. The van der Waals surface area contributed by atoms with E-state index in [1.165, 1.54) is 18.3 Å². The highest BCUT2D eigenvalue weighted by Gasteiger charge is 2.27. The van der Waals surface area contributed by atoms with Crippen LogP contribution in [-0.4, -0.2) is 42.0 Å². The third kappa shape index (κ3) is 3.54. The summed E-state index contributed by atoms with van der Waals surface area (Å²) in [6, 6.07) is 3.51. The van der Waals surface area contributed by atoms with E-state index in [1.807, 2.05) is 18.7 Å². The van der Waals surface area contributed by atoms with Gasteiger partial charge in [0.1, 0.15) is 0 Å². The van der Waals surface area contributed by atoms with Crippen LogP contribution in [0.4, 0.5) is 5.00 Å². The van der Waals surface area contributed by atoms with Gasteiger partial charge in [-0.05, 0) is 26.0 Å². The Bertz CT molecular complexity index is 476. The van der Waals surface area contributed by atoms with E-state index in [9.17, 15) is 9.59 Å². The summed E-state index contributed by atoms with van der Waals surface area (Å²) in [4.78, 5) is 25.8. The number of carbonyl (C=O) groups excluding carboxylic acids is 2. The number of nitrogens with one attached hydrogen (secondary N) is 1. The number of nitrogens with zero attached hydrogens (tertiary/aromatic N) is 1. The Morgan fingerprint density at radius 2 is 1.95 bits per heavy atom. The molecule has 0 saturated carbocycles. The summed E-state index contributed by atoms with van der Waals surface area (Å²) < 4.78 is 5.61. The molecule has 6 heteroatoms. The second-order valence-electron chi connectivity index (χ2n) is 4.81. The number of anilines is 1. The van der Waals surface area contributed by atoms with E-state index in [2.05, 4.69) is 5.32 Å². The van der Waals surface area contributed by atoms with Gasteiger partial charge in [0.15, 0.2) is 0 Å². The highest BCUT2D eigenvalue weighted by molar-refractivity contribution is 7.18. The van der Waals surface area contributed by atoms with Gasteiger partial charge in [-0.25, -0.2) is 0 Å². The third-order valence-electron chi connectivity index (χ3n) is 2.82. The van der Waals surface area contributed by atoms with Crippen LogP contribution in [0.15, 0.2) is 12.1 Å². The highest BCUT2D eigenvalue weighted by Crippen LogP contribution is 2.24. The topological polar surface area (TPSA) is 58.6 Å². The fourth-order valence-electron chi connectivity index (χ4n) is 2.19. The number of morpholine rings is 1. The Balaban J connectivity index is 2.06. The molecule has 1 aromatic rings. The summed E-state index contributed by atoms with van der Waals surface area (Å²) >= 11 is 1.30. The lowest BCUT2D eigenvalue weighted by atomic mass is 10.2. The zero-order chi connectivity index (χ0) is 14.0. The molecular formula is C13H18N2O3S. The van der Waals surface area contributed by atoms with Crippen molar-refractivity contribution in [1.29, 1.82) is 0 Å². The van der Waals surface area contributed by atoms with Crippen LogP contribution in [0.1, 0.15) is 30.4 Å². The van der Waals surface area contributed by atoms with Crippen molar-refractivity contribution in [1.82, 2.24) is 4.90 Å². The molecule has 0 bridgehead atoms. The van der Waals surface area contributed by atoms with Crippen LogP contribution in [0.5, 0.6) is 0 Å². The van der Waals surface area contributed by atoms with E-state index >= 15 is 0 Å². The van der Waals surface area contributed by atoms with Crippen molar-refractivity contribution in [2.24, 2.45) is 0 Å². The molecule has 0 aromatic carbocycles. The van der Waals surface area contributed by atoms with Gasteiger partial charge in [0.2, 0.25) is 5.91 Å². The van der Waals surface area contributed by atoms with E-state index < -0.39 is 0 Å². The molecule has 2 atom stereocenters. The number of hydrogen-bond acceptors (Lipinski definition) is 4. The number of carbonyl (C=O) groups is 2. The van der Waals surface area contributed by atoms with Gasteiger partial charge in [-0.3, -0.25) is 9.59 Å². The number of ether oxygens (including phenoxy) is 1. The third-order valence-corrected chi connectivity index (χ3v) is 3.81. The molecule has 2 amide bonds. The zero-order valence-corrected chi connectivity index (χ0v) is 12.1. The van der Waals surface area contributed by atoms with Crippen molar-refractivity contribution in [2.45, 2.75) is 33.0 Å². The maximum atomic E-state index is 12.4. The standard InChI is InChI=1S/C13H18N2O3S/c1-8-6-15(7-9(2)18-8)13(17)11-4-5-12(19-11)14-10(3)16/h4-5,8-9H,6-7H2,1-3H3,(H,14,16). The monoisotopic (exact) mass is 282 g/mol. The molecule has 104 valence electrons. The summed E-state index contributed by atoms with van der Waals surface area (Å²) in [5.41, 5.74) is 0. The molecule has 2 heterocycles. The number of rotatable bonds is 2. The lowest BCUT2D eigenvalue weighted by molar-refractivity contribution is -0.114. The van der Waals surface area contributed by atoms with Crippen LogP contribution >= 0.6 is 11.3 Å². The van der Waals surface area contributed by atoms with Crippen LogP contribution in [0, 0.1) is 0 Å². The smallest absolute Gasteiger partial charge is 0.264 e. The van der Waals surface area contributed by atoms with Crippen LogP contribution in [0.25, 0.3) is 0 Å². The van der Waals surface area contributed by atoms with Crippen molar-refractivity contribution < 1.29 is 14.3 Å². The van der Waals surface area contributed by atoms with E-state index in [1.54, 1.807) is 12.1 Å². The Morgan fingerprint density at radius 3 is 2.53 bits per heavy atom. The first-order chi connectivity index (χ1) is 8.95. The summed E-state index contributed by atoms with van der Waals surface area (Å²) in [5.74, 6) is -0.127. The van der Waals surface area contributed by atoms with E-state index in [0.717, 1.165) is 0 Å². The SMILES string of the molecule is CC(=O)Nc1ccc(C(=O)N2CC(C)OC(C)C2)s1. The minimum absolute atomic E-state index is 0.00334. The summed E-state index contributed by atoms with van der Waals surface area (Å²) in [5, 5.41) is 3.38. The first kappa shape index (κ1) is 14.0. The van der Waals surface area contributed by atoms with Crippen LogP contribution < -0.4 is 5.32 Å². The first-order valence-corrected chi connectivity index (χ1v) is 7.09. The van der Waals surface area contributed by atoms with Gasteiger partial charge < -0.3 is 15.0 Å². The lowest BCUT2D eigenvalue weighted by Crippen LogP contribution is -2.48. The molecular weight excluding hydrogens is 264 g/mol. The van der Waals surface area contributed by atoms with Crippen LogP contribution in [0.3, 0.4) is 0 Å². The molecule has 2 rings (SSSR count). The molecule has 1 aliphatic heterocycles. The molecule has 2 unspecified atom stereocenters. The predicted molar refractivity (Wildman–Crippen MR) is 74.5 cm³/mol. The Morgan fingerprint density at radius 1 is 1.32 bits per heavy atom. The zero-order valence-electron chi connectivity index (χ0n) is 11.3. The second kappa shape index (κ2) is 5.71. The normalized spacial score (nSPS) is 23.2. The lowest BCUT2D eigenvalue weighted by Gasteiger charge is -2.35. The molecule has 1 N–H and O–H groups in total. The van der Waals surface area contributed by atoms with Gasteiger partial charge in [-0.2, -0.15) is 0 Å². The number of hydrogen-bond donors (Lipinski definition) is 1. The Kier molecular flexibility index (Phi) is 4.21. The molecule has 5 nitrogen and oxygen atoms in total. The van der Waals surface area contributed by atoms with Crippen LogP contribution in [-0.2, 0) is 9.53 Å². The second-order valence-corrected chi connectivity index (χ2v) is 5.90. The molecule has 0 radical (unpaired) electrons.